The normalized spacial score (nSPS) is 14.8. The van der Waals surface area contributed by atoms with Crippen LogP contribution in [-0.4, -0.2) is 11.5 Å². The van der Waals surface area contributed by atoms with E-state index >= 15 is 4.39 Å². The number of carbonyl (C=O) groups excluding carboxylic acids is 1. The molecule has 0 radical (unpaired) electrons. The predicted octanol–water partition coefficient (Wildman–Crippen LogP) is 6.20. The van der Waals surface area contributed by atoms with Crippen molar-refractivity contribution in [1.29, 1.82) is 0 Å². The summed E-state index contributed by atoms with van der Waals surface area (Å²) in [5.41, 5.74) is 0.368. The van der Waals surface area contributed by atoms with Crippen molar-refractivity contribution < 1.29 is 14.3 Å². The van der Waals surface area contributed by atoms with Crippen molar-refractivity contribution in [2.45, 2.75) is 0 Å². The number of ketones is 1. The Balaban J connectivity index is 1.76. The molecule has 0 aromatic heterocycles. The second-order valence-corrected chi connectivity index (χ2v) is 13.0. The Morgan fingerprint density at radius 1 is 0.595 bits per heavy atom. The first-order valence-corrected chi connectivity index (χ1v) is 15.3. The zero-order valence-electron chi connectivity index (χ0n) is 22.5. The summed E-state index contributed by atoms with van der Waals surface area (Å²) in [6.07, 6.45) is 0. The first-order chi connectivity index (χ1) is 20.6. The molecule has 0 bridgehead atoms. The number of allylic oxidation sites excluding steroid dienone is 2. The van der Waals surface area contributed by atoms with Crippen LogP contribution in [0.15, 0.2) is 179 Å². The molecule has 42 heavy (non-hydrogen) atoms. The summed E-state index contributed by atoms with van der Waals surface area (Å²) < 4.78 is 16.1. The van der Waals surface area contributed by atoms with E-state index in [0.717, 1.165) is 15.9 Å². The molecule has 6 rings (SSSR count). The number of hydrogen-bond donors (Lipinski definition) is 1. The van der Waals surface area contributed by atoms with Crippen LogP contribution < -0.4 is 26.3 Å². The average Bonchev–Trinajstić information content (AvgIpc) is 3.06. The van der Waals surface area contributed by atoms with Gasteiger partial charge in [-0.1, -0.05) is 91.0 Å². The molecule has 0 fully saturated rings. The summed E-state index contributed by atoms with van der Waals surface area (Å²) in [4.78, 5) is 19.2. The topological polar surface area (TPSA) is 64.5 Å². The Morgan fingerprint density at radius 2 is 1.00 bits per heavy atom. The van der Waals surface area contributed by atoms with Gasteiger partial charge in [0.05, 0.1) is 11.4 Å². The number of halogens is 1. The number of benzene rings is 5. The van der Waals surface area contributed by atoms with Gasteiger partial charge in [-0.2, -0.15) is 0 Å². The van der Waals surface area contributed by atoms with Crippen molar-refractivity contribution in [3.63, 3.8) is 0 Å². The van der Waals surface area contributed by atoms with Crippen LogP contribution in [-0.2, 0) is 4.79 Å². The Labute approximate surface area is 244 Å². The van der Waals surface area contributed by atoms with Gasteiger partial charge in [-0.25, -0.2) is 9.38 Å². The average molecular weight is 569 g/mol. The highest BCUT2D eigenvalue weighted by atomic mass is 31.2. The minimum atomic E-state index is -3.10. The first kappa shape index (κ1) is 27.1. The number of Topliss-reactive ketones (excluding diaryl/α,β-unsaturated/α-hetero) is 1. The van der Waals surface area contributed by atoms with E-state index in [1.165, 1.54) is 0 Å². The molecule has 0 heterocycles. The summed E-state index contributed by atoms with van der Waals surface area (Å²) in [5, 5.41) is 20.0. The molecule has 4 nitrogen and oxygen atoms in total. The summed E-state index contributed by atoms with van der Waals surface area (Å²) in [7, 11) is -3.10. The molecular formula is C36H26FN2O2P. The SMILES string of the molecule is O=C1C(=Nc2ccccc2)C(F)=C([O-])C(Nc2ccccc2)=C1[P+](c1ccccc1)(c1ccccc1)c1ccccc1. The van der Waals surface area contributed by atoms with Gasteiger partial charge in [0.1, 0.15) is 21.7 Å². The lowest BCUT2D eigenvalue weighted by Gasteiger charge is -2.34. The number of carbonyl (C=O) groups is 1. The molecule has 0 aliphatic heterocycles. The number of para-hydroxylation sites is 2. The standard InChI is InChI=1S/C36H26FN2O2P/c37-31-32(38-26-16-6-1-7-17-26)35(41)36(33(34(31)40)39-27-18-8-2-9-19-27)42(28-20-10-3-11-21-28,29-22-12-4-13-23-29)30-24-14-5-15-25-30/h1-25H,(H-,38,39,40,41). The largest absolute Gasteiger partial charge is 0.869 e. The number of rotatable bonds is 7. The molecule has 1 N–H and O–H groups in total. The number of aliphatic imine (C=N–C) groups is 1. The first-order valence-electron chi connectivity index (χ1n) is 13.5. The maximum Gasteiger partial charge on any atom is 0.252 e. The van der Waals surface area contributed by atoms with Crippen LogP contribution in [0.3, 0.4) is 0 Å². The fourth-order valence-corrected chi connectivity index (χ4v) is 9.70. The van der Waals surface area contributed by atoms with E-state index in [1.54, 1.807) is 36.4 Å². The maximum absolute atomic E-state index is 16.1. The van der Waals surface area contributed by atoms with Crippen LogP contribution in [0.5, 0.6) is 0 Å². The summed E-state index contributed by atoms with van der Waals surface area (Å²) in [6, 6.07) is 46.8. The third kappa shape index (κ3) is 4.85. The van der Waals surface area contributed by atoms with E-state index in [1.807, 2.05) is 115 Å². The van der Waals surface area contributed by atoms with Gasteiger partial charge < -0.3 is 10.4 Å². The molecule has 0 saturated carbocycles. The second kappa shape index (κ2) is 11.8. The van der Waals surface area contributed by atoms with Crippen molar-refractivity contribution in [3.05, 3.63) is 174 Å². The molecule has 1 aliphatic rings. The second-order valence-electron chi connectivity index (χ2n) is 9.66. The predicted molar refractivity (Wildman–Crippen MR) is 169 cm³/mol. The minimum Gasteiger partial charge on any atom is -0.869 e. The van der Waals surface area contributed by atoms with E-state index in [2.05, 4.69) is 10.3 Å². The van der Waals surface area contributed by atoms with E-state index in [9.17, 15) is 9.90 Å². The monoisotopic (exact) mass is 568 g/mol. The Morgan fingerprint density at radius 3 is 1.45 bits per heavy atom. The van der Waals surface area contributed by atoms with Crippen LogP contribution in [0.1, 0.15) is 0 Å². The number of nitrogens with zero attached hydrogens (tertiary/aromatic N) is 1. The van der Waals surface area contributed by atoms with Gasteiger partial charge in [0.2, 0.25) is 0 Å². The Kier molecular flexibility index (Phi) is 7.59. The molecule has 0 atom stereocenters. The van der Waals surface area contributed by atoms with Gasteiger partial charge in [-0.15, -0.1) is 0 Å². The third-order valence-corrected chi connectivity index (χ3v) is 11.4. The molecule has 0 spiro atoms. The Bertz CT molecular complexity index is 1710. The molecule has 0 amide bonds. The zero-order valence-corrected chi connectivity index (χ0v) is 23.4. The van der Waals surface area contributed by atoms with Crippen molar-refractivity contribution in [3.8, 4) is 0 Å². The van der Waals surface area contributed by atoms with Gasteiger partial charge in [0.15, 0.2) is 18.3 Å². The summed E-state index contributed by atoms with van der Waals surface area (Å²) in [5.74, 6) is -2.71. The molecule has 0 saturated heterocycles. The molecule has 0 unspecified atom stereocenters. The van der Waals surface area contributed by atoms with Crippen molar-refractivity contribution in [2.24, 2.45) is 4.99 Å². The highest BCUT2D eigenvalue weighted by Gasteiger charge is 2.56. The van der Waals surface area contributed by atoms with Crippen molar-refractivity contribution in [1.82, 2.24) is 0 Å². The zero-order chi connectivity index (χ0) is 28.9. The van der Waals surface area contributed by atoms with E-state index in [0.29, 0.717) is 11.4 Å². The van der Waals surface area contributed by atoms with Crippen LogP contribution in [0, 0.1) is 0 Å². The Hall–Kier alpha value is -5.12. The summed E-state index contributed by atoms with van der Waals surface area (Å²) >= 11 is 0. The quantitative estimate of drug-likeness (QED) is 0.188. The van der Waals surface area contributed by atoms with Gasteiger partial charge in [0, 0.05) is 5.69 Å². The fraction of sp³-hybridized carbons (Fsp3) is 0. The van der Waals surface area contributed by atoms with Gasteiger partial charge in [0.25, 0.3) is 5.78 Å². The summed E-state index contributed by atoms with van der Waals surface area (Å²) in [6.45, 7) is 0. The number of nitrogens with one attached hydrogen (secondary N) is 1. The number of anilines is 1. The van der Waals surface area contributed by atoms with Crippen molar-refractivity contribution >= 4 is 46.0 Å². The highest BCUT2D eigenvalue weighted by molar-refractivity contribution is 8.00. The van der Waals surface area contributed by atoms with E-state index in [-0.39, 0.29) is 11.0 Å². The van der Waals surface area contributed by atoms with Gasteiger partial charge in [-0.3, -0.25) is 4.79 Å². The maximum atomic E-state index is 16.1. The van der Waals surface area contributed by atoms with Crippen LogP contribution in [0.4, 0.5) is 15.8 Å². The molecule has 5 aromatic carbocycles. The third-order valence-electron chi connectivity index (χ3n) is 7.11. The molecule has 6 heteroatoms. The van der Waals surface area contributed by atoms with Crippen molar-refractivity contribution in [2.75, 3.05) is 5.32 Å². The smallest absolute Gasteiger partial charge is 0.252 e. The van der Waals surface area contributed by atoms with Crippen LogP contribution in [0.25, 0.3) is 0 Å². The molecular weight excluding hydrogens is 542 g/mol. The lowest BCUT2D eigenvalue weighted by Crippen LogP contribution is -2.41. The molecule has 1 aliphatic carbocycles. The van der Waals surface area contributed by atoms with Gasteiger partial charge >= 0.3 is 0 Å². The lowest BCUT2D eigenvalue weighted by molar-refractivity contribution is -0.299. The highest BCUT2D eigenvalue weighted by Crippen LogP contribution is 2.65. The number of hydrogen-bond acceptors (Lipinski definition) is 4. The molecule has 204 valence electrons. The van der Waals surface area contributed by atoms with Gasteiger partial charge in [-0.05, 0) is 66.4 Å². The molecule has 5 aromatic rings. The van der Waals surface area contributed by atoms with Crippen LogP contribution >= 0.6 is 7.26 Å². The lowest BCUT2D eigenvalue weighted by atomic mass is 10.0. The minimum absolute atomic E-state index is 0.0828. The van der Waals surface area contributed by atoms with E-state index in [4.69, 9.17) is 0 Å². The fourth-order valence-electron chi connectivity index (χ4n) is 5.27. The van der Waals surface area contributed by atoms with Crippen LogP contribution in [0.2, 0.25) is 0 Å². The van der Waals surface area contributed by atoms with E-state index < -0.39 is 30.3 Å².